The molecule has 0 bridgehead atoms. The van der Waals surface area contributed by atoms with Crippen LogP contribution in [0.15, 0.2) is 18.2 Å². The Bertz CT molecular complexity index is 351. The van der Waals surface area contributed by atoms with Gasteiger partial charge in [0.1, 0.15) is 5.82 Å². The first kappa shape index (κ1) is 10.4. The average Bonchev–Trinajstić information content (AvgIpc) is 2.70. The molecule has 0 aromatic heterocycles. The fourth-order valence-electron chi connectivity index (χ4n) is 2.08. The zero-order valence-corrected chi connectivity index (χ0v) is 9.26. The standard InChI is InChI=1S/C12H17FN2/c1-9-3-4-11(13)12(7-9)15-6-5-10(8-15)14-2/h3-4,7,10,14H,5-6,8H2,1-2H3. The number of rotatable bonds is 2. The maximum atomic E-state index is 13.6. The number of nitrogens with zero attached hydrogens (tertiary/aromatic N) is 1. The minimum atomic E-state index is -0.114. The van der Waals surface area contributed by atoms with E-state index in [0.29, 0.717) is 6.04 Å². The van der Waals surface area contributed by atoms with Crippen LogP contribution in [0.1, 0.15) is 12.0 Å². The predicted molar refractivity (Wildman–Crippen MR) is 60.8 cm³/mol. The predicted octanol–water partition coefficient (Wildman–Crippen LogP) is 1.93. The van der Waals surface area contributed by atoms with Crippen LogP contribution < -0.4 is 10.2 Å². The summed E-state index contributed by atoms with van der Waals surface area (Å²) in [5.74, 6) is -0.114. The summed E-state index contributed by atoms with van der Waals surface area (Å²) in [5, 5.41) is 3.23. The quantitative estimate of drug-likeness (QED) is 0.799. The number of benzene rings is 1. The normalized spacial score (nSPS) is 21.0. The van der Waals surface area contributed by atoms with Crippen molar-refractivity contribution in [1.29, 1.82) is 0 Å². The SMILES string of the molecule is CNC1CCN(c2cc(C)ccc2F)C1. The van der Waals surface area contributed by atoms with Crippen molar-refractivity contribution >= 4 is 5.69 Å². The van der Waals surface area contributed by atoms with E-state index in [1.54, 1.807) is 6.07 Å². The summed E-state index contributed by atoms with van der Waals surface area (Å²) in [5.41, 5.74) is 1.85. The third-order valence-corrected chi connectivity index (χ3v) is 3.04. The van der Waals surface area contributed by atoms with Gasteiger partial charge in [0.05, 0.1) is 5.69 Å². The molecule has 1 N–H and O–H groups in total. The van der Waals surface area contributed by atoms with Crippen molar-refractivity contribution in [2.24, 2.45) is 0 Å². The van der Waals surface area contributed by atoms with Gasteiger partial charge in [-0.25, -0.2) is 4.39 Å². The van der Waals surface area contributed by atoms with E-state index in [1.165, 1.54) is 0 Å². The molecule has 1 aromatic carbocycles. The van der Waals surface area contributed by atoms with Gasteiger partial charge in [-0.3, -0.25) is 0 Å². The topological polar surface area (TPSA) is 15.3 Å². The van der Waals surface area contributed by atoms with Gasteiger partial charge >= 0.3 is 0 Å². The van der Waals surface area contributed by atoms with Gasteiger partial charge < -0.3 is 10.2 Å². The molecule has 1 aliphatic rings. The van der Waals surface area contributed by atoms with Crippen molar-refractivity contribution in [3.63, 3.8) is 0 Å². The first-order valence-corrected chi connectivity index (χ1v) is 5.39. The third kappa shape index (κ3) is 2.12. The second-order valence-corrected chi connectivity index (χ2v) is 4.18. The Morgan fingerprint density at radius 2 is 2.27 bits per heavy atom. The van der Waals surface area contributed by atoms with E-state index in [0.717, 1.165) is 30.8 Å². The zero-order valence-electron chi connectivity index (χ0n) is 9.26. The van der Waals surface area contributed by atoms with Crippen molar-refractivity contribution in [2.75, 3.05) is 25.0 Å². The molecule has 1 unspecified atom stereocenters. The van der Waals surface area contributed by atoms with Crippen LogP contribution in [0, 0.1) is 12.7 Å². The molecular formula is C12H17FN2. The molecule has 1 aromatic rings. The van der Waals surface area contributed by atoms with Crippen molar-refractivity contribution < 1.29 is 4.39 Å². The second kappa shape index (κ2) is 4.19. The molecule has 82 valence electrons. The number of anilines is 1. The van der Waals surface area contributed by atoms with Crippen LogP contribution in [0.4, 0.5) is 10.1 Å². The Labute approximate surface area is 90.1 Å². The van der Waals surface area contributed by atoms with Crippen LogP contribution in [0.5, 0.6) is 0 Å². The zero-order chi connectivity index (χ0) is 10.8. The molecule has 0 saturated carbocycles. The highest BCUT2D eigenvalue weighted by Gasteiger charge is 2.22. The average molecular weight is 208 g/mol. The highest BCUT2D eigenvalue weighted by Crippen LogP contribution is 2.24. The molecule has 2 nitrogen and oxygen atoms in total. The van der Waals surface area contributed by atoms with E-state index in [1.807, 2.05) is 26.1 Å². The summed E-state index contributed by atoms with van der Waals surface area (Å²) in [7, 11) is 1.96. The molecule has 0 spiro atoms. The third-order valence-electron chi connectivity index (χ3n) is 3.04. The lowest BCUT2D eigenvalue weighted by Gasteiger charge is -2.19. The molecule has 3 heteroatoms. The van der Waals surface area contributed by atoms with E-state index < -0.39 is 0 Å². The minimum Gasteiger partial charge on any atom is -0.368 e. The largest absolute Gasteiger partial charge is 0.368 e. The summed E-state index contributed by atoms with van der Waals surface area (Å²) in [6, 6.07) is 5.78. The fourth-order valence-corrected chi connectivity index (χ4v) is 2.08. The van der Waals surface area contributed by atoms with E-state index >= 15 is 0 Å². The van der Waals surface area contributed by atoms with Crippen molar-refractivity contribution in [3.05, 3.63) is 29.6 Å². The smallest absolute Gasteiger partial charge is 0.146 e. The van der Waals surface area contributed by atoms with Gasteiger partial charge in [-0.15, -0.1) is 0 Å². The van der Waals surface area contributed by atoms with Crippen LogP contribution in [-0.4, -0.2) is 26.2 Å². The lowest BCUT2D eigenvalue weighted by atomic mass is 10.2. The summed E-state index contributed by atoms with van der Waals surface area (Å²) >= 11 is 0. The molecule has 2 rings (SSSR count). The molecule has 1 atom stereocenters. The van der Waals surface area contributed by atoms with Crippen LogP contribution >= 0.6 is 0 Å². The van der Waals surface area contributed by atoms with Gasteiger partial charge in [0.25, 0.3) is 0 Å². The fraction of sp³-hybridized carbons (Fsp3) is 0.500. The first-order chi connectivity index (χ1) is 7.20. The van der Waals surface area contributed by atoms with Gasteiger partial charge in [0.15, 0.2) is 0 Å². The molecule has 0 amide bonds. The molecule has 1 saturated heterocycles. The van der Waals surface area contributed by atoms with Gasteiger partial charge in [-0.05, 0) is 38.1 Å². The number of hydrogen-bond acceptors (Lipinski definition) is 2. The van der Waals surface area contributed by atoms with E-state index in [2.05, 4.69) is 10.2 Å². The summed E-state index contributed by atoms with van der Waals surface area (Å²) < 4.78 is 13.6. The molecular weight excluding hydrogens is 191 g/mol. The van der Waals surface area contributed by atoms with Crippen LogP contribution in [-0.2, 0) is 0 Å². The summed E-state index contributed by atoms with van der Waals surface area (Å²) in [6.07, 6.45) is 1.09. The Morgan fingerprint density at radius 1 is 1.47 bits per heavy atom. The molecule has 1 heterocycles. The lowest BCUT2D eigenvalue weighted by Crippen LogP contribution is -2.29. The summed E-state index contributed by atoms with van der Waals surface area (Å²) in [4.78, 5) is 2.11. The van der Waals surface area contributed by atoms with Crippen molar-refractivity contribution in [1.82, 2.24) is 5.32 Å². The van der Waals surface area contributed by atoms with Crippen molar-refractivity contribution in [3.8, 4) is 0 Å². The Morgan fingerprint density at radius 3 is 2.93 bits per heavy atom. The Balaban J connectivity index is 2.19. The van der Waals surface area contributed by atoms with Gasteiger partial charge in [-0.1, -0.05) is 6.07 Å². The maximum absolute atomic E-state index is 13.6. The van der Waals surface area contributed by atoms with E-state index in [-0.39, 0.29) is 5.82 Å². The van der Waals surface area contributed by atoms with Crippen LogP contribution in [0.3, 0.4) is 0 Å². The van der Waals surface area contributed by atoms with Crippen molar-refractivity contribution in [2.45, 2.75) is 19.4 Å². The number of hydrogen-bond donors (Lipinski definition) is 1. The van der Waals surface area contributed by atoms with Gasteiger partial charge in [-0.2, -0.15) is 0 Å². The molecule has 0 aliphatic carbocycles. The lowest BCUT2D eigenvalue weighted by molar-refractivity contribution is 0.608. The highest BCUT2D eigenvalue weighted by atomic mass is 19.1. The first-order valence-electron chi connectivity index (χ1n) is 5.39. The molecule has 0 radical (unpaired) electrons. The Hall–Kier alpha value is -1.09. The minimum absolute atomic E-state index is 0.114. The van der Waals surface area contributed by atoms with E-state index in [4.69, 9.17) is 0 Å². The Kier molecular flexibility index (Phi) is 2.91. The van der Waals surface area contributed by atoms with Gasteiger partial charge in [0.2, 0.25) is 0 Å². The highest BCUT2D eigenvalue weighted by molar-refractivity contribution is 5.50. The number of likely N-dealkylation sites (N-methyl/N-ethyl adjacent to an activating group) is 1. The number of halogens is 1. The van der Waals surface area contributed by atoms with E-state index in [9.17, 15) is 4.39 Å². The second-order valence-electron chi connectivity index (χ2n) is 4.18. The molecule has 15 heavy (non-hydrogen) atoms. The van der Waals surface area contributed by atoms with Gasteiger partial charge in [0, 0.05) is 19.1 Å². The monoisotopic (exact) mass is 208 g/mol. The van der Waals surface area contributed by atoms with Crippen LogP contribution in [0.2, 0.25) is 0 Å². The number of aryl methyl sites for hydroxylation is 1. The molecule has 1 fully saturated rings. The summed E-state index contributed by atoms with van der Waals surface area (Å²) in [6.45, 7) is 3.83. The number of nitrogens with one attached hydrogen (secondary N) is 1. The molecule has 1 aliphatic heterocycles. The van der Waals surface area contributed by atoms with Crippen LogP contribution in [0.25, 0.3) is 0 Å². The maximum Gasteiger partial charge on any atom is 0.146 e.